The van der Waals surface area contributed by atoms with Crippen LogP contribution in [0.15, 0.2) is 24.3 Å². The van der Waals surface area contributed by atoms with Crippen molar-refractivity contribution < 1.29 is 18.8 Å². The fraction of sp³-hybridized carbons (Fsp3) is 0.625. The fourth-order valence-corrected chi connectivity index (χ4v) is 5.79. The van der Waals surface area contributed by atoms with E-state index in [1.807, 2.05) is 9.80 Å². The van der Waals surface area contributed by atoms with Gasteiger partial charge >= 0.3 is 0 Å². The summed E-state index contributed by atoms with van der Waals surface area (Å²) in [5, 5.41) is 0. The minimum absolute atomic E-state index is 0.0124. The van der Waals surface area contributed by atoms with E-state index < -0.39 is 11.7 Å². The zero-order valence-electron chi connectivity index (χ0n) is 17.9. The highest BCUT2D eigenvalue weighted by Gasteiger charge is 2.59. The summed E-state index contributed by atoms with van der Waals surface area (Å²) in [6, 6.07) is 6.20. The minimum Gasteiger partial charge on any atom is -0.342 e. The van der Waals surface area contributed by atoms with Crippen molar-refractivity contribution in [1.82, 2.24) is 9.80 Å². The second-order valence-electron chi connectivity index (χ2n) is 9.69. The number of amides is 3. The Bertz CT molecular complexity index is 890. The molecule has 166 valence electrons. The zero-order valence-corrected chi connectivity index (χ0v) is 17.9. The van der Waals surface area contributed by atoms with Crippen molar-refractivity contribution in [3.8, 4) is 0 Å². The van der Waals surface area contributed by atoms with Crippen LogP contribution in [0.4, 0.5) is 10.1 Å². The minimum atomic E-state index is -0.443. The molecule has 1 aromatic carbocycles. The van der Waals surface area contributed by atoms with Crippen LogP contribution in [0.3, 0.4) is 0 Å². The molecule has 0 bridgehead atoms. The molecule has 1 spiro atoms. The Kier molecular flexibility index (Phi) is 5.22. The van der Waals surface area contributed by atoms with Gasteiger partial charge in [0.05, 0.1) is 11.6 Å². The first kappa shape index (κ1) is 20.5. The van der Waals surface area contributed by atoms with Crippen LogP contribution in [0.1, 0.15) is 44.9 Å². The summed E-state index contributed by atoms with van der Waals surface area (Å²) in [6.07, 6.45) is 6.24. The van der Waals surface area contributed by atoms with Crippen molar-refractivity contribution in [1.29, 1.82) is 0 Å². The molecule has 4 aliphatic rings. The maximum Gasteiger partial charge on any atom is 0.228 e. The van der Waals surface area contributed by atoms with E-state index in [1.54, 1.807) is 18.2 Å². The highest BCUT2D eigenvalue weighted by Crippen LogP contribution is 2.60. The van der Waals surface area contributed by atoms with Crippen LogP contribution in [-0.4, -0.2) is 60.2 Å². The topological polar surface area (TPSA) is 60.9 Å². The summed E-state index contributed by atoms with van der Waals surface area (Å²) in [4.78, 5) is 43.7. The summed E-state index contributed by atoms with van der Waals surface area (Å²) < 4.78 is 14.1. The Balaban J connectivity index is 1.16. The molecule has 4 fully saturated rings. The molecular weight excluding hydrogens is 397 g/mol. The summed E-state index contributed by atoms with van der Waals surface area (Å²) in [5.74, 6) is -0.630. The maximum absolute atomic E-state index is 14.1. The number of hydrogen-bond donors (Lipinski definition) is 0. The number of rotatable bonds is 3. The number of nitrogens with zero attached hydrogens (tertiary/aromatic N) is 3. The number of halogens is 1. The van der Waals surface area contributed by atoms with Crippen LogP contribution >= 0.6 is 0 Å². The second-order valence-corrected chi connectivity index (χ2v) is 9.69. The van der Waals surface area contributed by atoms with Crippen molar-refractivity contribution in [2.45, 2.75) is 44.9 Å². The molecule has 1 aliphatic carbocycles. The number of para-hydroxylation sites is 1. The van der Waals surface area contributed by atoms with Crippen LogP contribution in [0.25, 0.3) is 0 Å². The van der Waals surface area contributed by atoms with Gasteiger partial charge in [-0.05, 0) is 56.1 Å². The van der Waals surface area contributed by atoms with Gasteiger partial charge in [0.25, 0.3) is 0 Å². The first-order valence-electron chi connectivity index (χ1n) is 11.6. The van der Waals surface area contributed by atoms with E-state index >= 15 is 0 Å². The molecule has 3 saturated heterocycles. The fourth-order valence-electron chi connectivity index (χ4n) is 5.79. The van der Waals surface area contributed by atoms with Gasteiger partial charge in [0, 0.05) is 45.1 Å². The standard InChI is InChI=1S/C24H30FN3O3/c25-19-6-2-3-7-20(19)28-16-17(14-21(28)29)22(30)27-12-8-24(9-13-27)15-18(24)23(31)26-10-4-1-5-11-26/h2-3,6-7,17-18H,1,4-5,8-16H2/t17-,18+/m1/s1. The number of benzene rings is 1. The summed E-state index contributed by atoms with van der Waals surface area (Å²) in [7, 11) is 0. The van der Waals surface area contributed by atoms with E-state index in [0.29, 0.717) is 19.0 Å². The van der Waals surface area contributed by atoms with Gasteiger partial charge in [-0.25, -0.2) is 4.39 Å². The molecule has 3 heterocycles. The Labute approximate surface area is 182 Å². The highest BCUT2D eigenvalue weighted by atomic mass is 19.1. The lowest BCUT2D eigenvalue weighted by Gasteiger charge is -2.35. The van der Waals surface area contributed by atoms with Crippen molar-refractivity contribution in [3.63, 3.8) is 0 Å². The largest absolute Gasteiger partial charge is 0.342 e. The summed E-state index contributed by atoms with van der Waals surface area (Å²) in [5.41, 5.74) is 0.327. The second kappa shape index (κ2) is 7.92. The summed E-state index contributed by atoms with van der Waals surface area (Å²) in [6.45, 7) is 3.31. The van der Waals surface area contributed by atoms with E-state index in [4.69, 9.17) is 0 Å². The maximum atomic E-state index is 14.1. The first-order chi connectivity index (χ1) is 15.0. The molecule has 1 saturated carbocycles. The van der Waals surface area contributed by atoms with E-state index in [1.165, 1.54) is 17.4 Å². The van der Waals surface area contributed by atoms with Gasteiger partial charge < -0.3 is 14.7 Å². The van der Waals surface area contributed by atoms with Gasteiger partial charge in [0.15, 0.2) is 0 Å². The smallest absolute Gasteiger partial charge is 0.228 e. The van der Waals surface area contributed by atoms with Crippen LogP contribution in [0.2, 0.25) is 0 Å². The lowest BCUT2D eigenvalue weighted by molar-refractivity contribution is -0.138. The molecular formula is C24H30FN3O3. The molecule has 3 amide bonds. The molecule has 6 nitrogen and oxygen atoms in total. The van der Waals surface area contributed by atoms with E-state index in [9.17, 15) is 18.8 Å². The van der Waals surface area contributed by atoms with Crippen LogP contribution in [-0.2, 0) is 14.4 Å². The number of carbonyl (C=O) groups excluding carboxylic acids is 3. The SMILES string of the molecule is O=C([C@@H]1CC(=O)N(c2ccccc2F)C1)N1CCC2(CC1)C[C@H]2C(=O)N1CCCCC1. The molecule has 5 rings (SSSR count). The quantitative estimate of drug-likeness (QED) is 0.745. The number of piperidine rings is 2. The number of hydrogen-bond acceptors (Lipinski definition) is 3. The Morgan fingerprint density at radius 3 is 2.32 bits per heavy atom. The molecule has 3 aliphatic heterocycles. The molecule has 2 atom stereocenters. The molecule has 0 N–H and O–H groups in total. The third-order valence-electron chi connectivity index (χ3n) is 7.84. The lowest BCUT2D eigenvalue weighted by atomic mass is 9.89. The lowest BCUT2D eigenvalue weighted by Crippen LogP contribution is -2.44. The zero-order chi connectivity index (χ0) is 21.6. The number of anilines is 1. The van der Waals surface area contributed by atoms with E-state index in [-0.39, 0.29) is 41.8 Å². The van der Waals surface area contributed by atoms with Gasteiger partial charge in [-0.3, -0.25) is 14.4 Å². The van der Waals surface area contributed by atoms with Gasteiger partial charge in [0.2, 0.25) is 17.7 Å². The molecule has 7 heteroatoms. The third kappa shape index (κ3) is 3.72. The normalized spacial score (nSPS) is 27.6. The van der Waals surface area contributed by atoms with Crippen LogP contribution in [0, 0.1) is 23.1 Å². The van der Waals surface area contributed by atoms with Crippen LogP contribution in [0.5, 0.6) is 0 Å². The van der Waals surface area contributed by atoms with Gasteiger partial charge in [-0.1, -0.05) is 12.1 Å². The predicted octanol–water partition coefficient (Wildman–Crippen LogP) is 2.82. The van der Waals surface area contributed by atoms with E-state index in [0.717, 1.165) is 45.2 Å². The Morgan fingerprint density at radius 2 is 1.61 bits per heavy atom. The average molecular weight is 428 g/mol. The van der Waals surface area contributed by atoms with Gasteiger partial charge in [-0.2, -0.15) is 0 Å². The predicted molar refractivity (Wildman–Crippen MR) is 114 cm³/mol. The summed E-state index contributed by atoms with van der Waals surface area (Å²) >= 11 is 0. The third-order valence-corrected chi connectivity index (χ3v) is 7.84. The van der Waals surface area contributed by atoms with Crippen LogP contribution < -0.4 is 4.90 Å². The number of likely N-dealkylation sites (tertiary alicyclic amines) is 2. The van der Waals surface area contributed by atoms with E-state index in [2.05, 4.69) is 0 Å². The molecule has 0 aromatic heterocycles. The van der Waals surface area contributed by atoms with Crippen molar-refractivity contribution in [2.24, 2.45) is 17.3 Å². The Morgan fingerprint density at radius 1 is 0.935 bits per heavy atom. The van der Waals surface area contributed by atoms with Gasteiger partial charge in [0.1, 0.15) is 5.82 Å². The average Bonchev–Trinajstić information content (AvgIpc) is 3.35. The molecule has 0 radical (unpaired) electrons. The molecule has 0 unspecified atom stereocenters. The van der Waals surface area contributed by atoms with Crippen molar-refractivity contribution in [2.75, 3.05) is 37.6 Å². The molecule has 31 heavy (non-hydrogen) atoms. The monoisotopic (exact) mass is 427 g/mol. The Hall–Kier alpha value is -2.44. The van der Waals surface area contributed by atoms with Crippen molar-refractivity contribution in [3.05, 3.63) is 30.1 Å². The number of carbonyl (C=O) groups is 3. The first-order valence-corrected chi connectivity index (χ1v) is 11.6. The van der Waals surface area contributed by atoms with Gasteiger partial charge in [-0.15, -0.1) is 0 Å². The molecule has 1 aromatic rings. The highest BCUT2D eigenvalue weighted by molar-refractivity contribution is 6.00. The van der Waals surface area contributed by atoms with Crippen molar-refractivity contribution >= 4 is 23.4 Å².